The minimum Gasteiger partial charge on any atom is -0.373 e. The van der Waals surface area contributed by atoms with Gasteiger partial charge in [-0.05, 0) is 18.4 Å². The van der Waals surface area contributed by atoms with Crippen LogP contribution in [0.3, 0.4) is 0 Å². The first-order valence-corrected chi connectivity index (χ1v) is 9.50. The molecule has 0 amide bonds. The summed E-state index contributed by atoms with van der Waals surface area (Å²) in [6, 6.07) is 10.6. The second-order valence-electron chi connectivity index (χ2n) is 7.19. The molecule has 6 heteroatoms. The highest BCUT2D eigenvalue weighted by atomic mass is 16.7. The summed E-state index contributed by atoms with van der Waals surface area (Å²) in [5.74, 6) is 0. The summed E-state index contributed by atoms with van der Waals surface area (Å²) in [5, 5.41) is 4.51. The second kappa shape index (κ2) is 8.97. The van der Waals surface area contributed by atoms with E-state index in [0.29, 0.717) is 6.42 Å². The van der Waals surface area contributed by atoms with Gasteiger partial charge in [-0.3, -0.25) is 9.58 Å². The first-order valence-electron chi connectivity index (χ1n) is 9.50. The van der Waals surface area contributed by atoms with Crippen LogP contribution in [0.5, 0.6) is 0 Å². The Morgan fingerprint density at radius 3 is 2.33 bits per heavy atom. The van der Waals surface area contributed by atoms with Crippen molar-refractivity contribution in [3.05, 3.63) is 53.3 Å². The largest absolute Gasteiger partial charge is 0.373 e. The minimum atomic E-state index is -0.303. The van der Waals surface area contributed by atoms with Crippen LogP contribution in [0.2, 0.25) is 0 Å². The van der Waals surface area contributed by atoms with Gasteiger partial charge in [0.25, 0.3) is 0 Å². The molecule has 1 aromatic carbocycles. The van der Waals surface area contributed by atoms with Gasteiger partial charge < -0.3 is 14.2 Å². The molecule has 0 spiro atoms. The molecule has 0 bridgehead atoms. The molecule has 2 aromatic rings. The van der Waals surface area contributed by atoms with Gasteiger partial charge in [-0.25, -0.2) is 0 Å². The molecule has 0 N–H and O–H groups in total. The number of ether oxygens (including phenoxy) is 3. The van der Waals surface area contributed by atoms with Gasteiger partial charge >= 0.3 is 0 Å². The maximum Gasteiger partial charge on any atom is 0.162 e. The Morgan fingerprint density at radius 2 is 1.74 bits per heavy atom. The number of likely N-dealkylation sites (tertiary alicyclic amines) is 1. The Hall–Kier alpha value is -1.73. The zero-order valence-electron chi connectivity index (χ0n) is 16.9. The Bertz CT molecular complexity index is 705. The molecular formula is C21H31N3O3. The van der Waals surface area contributed by atoms with Gasteiger partial charge in [0.2, 0.25) is 0 Å². The number of hydrogen-bond acceptors (Lipinski definition) is 5. The fourth-order valence-corrected chi connectivity index (χ4v) is 4.00. The highest BCUT2D eigenvalue weighted by Gasteiger charge is 2.39. The number of aryl methyl sites for hydroxylation is 1. The van der Waals surface area contributed by atoms with E-state index in [0.717, 1.165) is 43.7 Å². The third-order valence-corrected chi connectivity index (χ3v) is 5.74. The molecule has 2 heterocycles. The third kappa shape index (κ3) is 4.41. The van der Waals surface area contributed by atoms with Crippen LogP contribution in [0.25, 0.3) is 0 Å². The number of nitrogens with zero attached hydrogens (tertiary/aromatic N) is 3. The van der Waals surface area contributed by atoms with Crippen molar-refractivity contribution in [2.75, 3.05) is 34.4 Å². The van der Waals surface area contributed by atoms with E-state index in [1.807, 2.05) is 25.0 Å². The summed E-state index contributed by atoms with van der Waals surface area (Å²) in [6.45, 7) is 2.97. The van der Waals surface area contributed by atoms with E-state index in [-0.39, 0.29) is 11.9 Å². The van der Waals surface area contributed by atoms with Crippen molar-refractivity contribution in [2.24, 2.45) is 7.05 Å². The topological polar surface area (TPSA) is 48.8 Å². The molecule has 148 valence electrons. The Balaban J connectivity index is 1.74. The fraction of sp³-hybridized carbons (Fsp3) is 0.571. The summed E-state index contributed by atoms with van der Waals surface area (Å²) in [4.78, 5) is 2.50. The molecule has 0 radical (unpaired) electrons. The predicted molar refractivity (Wildman–Crippen MR) is 104 cm³/mol. The quantitative estimate of drug-likeness (QED) is 0.666. The van der Waals surface area contributed by atoms with Crippen molar-refractivity contribution < 1.29 is 14.2 Å². The molecule has 27 heavy (non-hydrogen) atoms. The van der Waals surface area contributed by atoms with Gasteiger partial charge in [-0.2, -0.15) is 5.10 Å². The monoisotopic (exact) mass is 373 g/mol. The fourth-order valence-electron chi connectivity index (χ4n) is 4.00. The average Bonchev–Trinajstić information content (AvgIpc) is 3.08. The van der Waals surface area contributed by atoms with Crippen LogP contribution >= 0.6 is 0 Å². The average molecular weight is 373 g/mol. The molecule has 0 saturated carbocycles. The second-order valence-corrected chi connectivity index (χ2v) is 7.19. The van der Waals surface area contributed by atoms with Crippen molar-refractivity contribution in [1.29, 1.82) is 0 Å². The zero-order valence-corrected chi connectivity index (χ0v) is 16.9. The van der Waals surface area contributed by atoms with Gasteiger partial charge in [0, 0.05) is 65.7 Å². The van der Waals surface area contributed by atoms with Crippen molar-refractivity contribution in [3.63, 3.8) is 0 Å². The van der Waals surface area contributed by atoms with E-state index < -0.39 is 0 Å². The Labute approximate surface area is 162 Å². The van der Waals surface area contributed by atoms with Gasteiger partial charge in [-0.15, -0.1) is 0 Å². The van der Waals surface area contributed by atoms with Gasteiger partial charge in [-0.1, -0.05) is 30.3 Å². The van der Waals surface area contributed by atoms with Gasteiger partial charge in [0.15, 0.2) is 6.29 Å². The predicted octanol–water partition coefficient (Wildman–Crippen LogP) is 2.72. The van der Waals surface area contributed by atoms with Crippen LogP contribution in [-0.2, 0) is 39.8 Å². The lowest BCUT2D eigenvalue weighted by Crippen LogP contribution is -2.44. The minimum absolute atomic E-state index is 0.286. The highest BCUT2D eigenvalue weighted by molar-refractivity contribution is 5.27. The van der Waals surface area contributed by atoms with Gasteiger partial charge in [0.1, 0.15) is 0 Å². The maximum absolute atomic E-state index is 6.10. The van der Waals surface area contributed by atoms with Crippen molar-refractivity contribution in [1.82, 2.24) is 14.7 Å². The number of methoxy groups -OCH3 is 3. The molecule has 6 nitrogen and oxygen atoms in total. The number of aromatic nitrogens is 2. The number of hydrogen-bond donors (Lipinski definition) is 0. The lowest BCUT2D eigenvalue weighted by molar-refractivity contribution is -0.103. The number of benzene rings is 1. The SMILES string of the molecule is COC(Cc1c(C2(OC)CCN(Cc3ccccc3)CC2)cnn1C)OC. The Morgan fingerprint density at radius 1 is 1.07 bits per heavy atom. The molecule has 0 atom stereocenters. The van der Waals surface area contributed by atoms with Crippen LogP contribution in [0.15, 0.2) is 36.5 Å². The van der Waals surface area contributed by atoms with E-state index in [4.69, 9.17) is 14.2 Å². The number of piperidine rings is 1. The summed E-state index contributed by atoms with van der Waals surface area (Å²) >= 11 is 0. The lowest BCUT2D eigenvalue weighted by atomic mass is 9.83. The zero-order chi connectivity index (χ0) is 19.3. The smallest absolute Gasteiger partial charge is 0.162 e. The molecule has 1 saturated heterocycles. The molecule has 1 aromatic heterocycles. The molecular weight excluding hydrogens is 342 g/mol. The Kier molecular flexibility index (Phi) is 6.65. The summed E-state index contributed by atoms with van der Waals surface area (Å²) in [7, 11) is 7.11. The molecule has 1 aliphatic rings. The normalized spacial score (nSPS) is 17.5. The summed E-state index contributed by atoms with van der Waals surface area (Å²) < 4.78 is 18.8. The summed E-state index contributed by atoms with van der Waals surface area (Å²) in [5.41, 5.74) is 3.32. The van der Waals surface area contributed by atoms with Gasteiger partial charge in [0.05, 0.1) is 11.8 Å². The first kappa shape index (κ1) is 20.0. The standard InChI is InChI=1S/C21H31N3O3/c1-23-19(14-20(25-2)26-3)18(15-22-23)21(27-4)10-12-24(13-11-21)16-17-8-6-5-7-9-17/h5-9,15,20H,10-14,16H2,1-4H3. The number of rotatable bonds is 8. The van der Waals surface area contributed by atoms with Crippen molar-refractivity contribution in [2.45, 2.75) is 37.7 Å². The van der Waals surface area contributed by atoms with E-state index in [1.165, 1.54) is 5.56 Å². The van der Waals surface area contributed by atoms with E-state index in [9.17, 15) is 0 Å². The first-order chi connectivity index (χ1) is 13.1. The molecule has 1 fully saturated rings. The van der Waals surface area contributed by atoms with Crippen molar-refractivity contribution >= 4 is 0 Å². The summed E-state index contributed by atoms with van der Waals surface area (Å²) in [6.07, 6.45) is 4.21. The van der Waals surface area contributed by atoms with E-state index in [2.05, 4.69) is 40.3 Å². The van der Waals surface area contributed by atoms with Crippen LogP contribution in [0.1, 0.15) is 29.7 Å². The van der Waals surface area contributed by atoms with Crippen molar-refractivity contribution in [3.8, 4) is 0 Å². The van der Waals surface area contributed by atoms with Crippen LogP contribution < -0.4 is 0 Å². The van der Waals surface area contributed by atoms with Crippen LogP contribution in [0, 0.1) is 0 Å². The maximum atomic E-state index is 6.10. The molecule has 0 unspecified atom stereocenters. The van der Waals surface area contributed by atoms with E-state index >= 15 is 0 Å². The molecule has 1 aliphatic heterocycles. The third-order valence-electron chi connectivity index (χ3n) is 5.74. The van der Waals surface area contributed by atoms with E-state index in [1.54, 1.807) is 14.2 Å². The van der Waals surface area contributed by atoms with Crippen LogP contribution in [0.4, 0.5) is 0 Å². The van der Waals surface area contributed by atoms with Crippen LogP contribution in [-0.4, -0.2) is 55.4 Å². The highest BCUT2D eigenvalue weighted by Crippen LogP contribution is 2.38. The molecule has 3 rings (SSSR count). The lowest BCUT2D eigenvalue weighted by Gasteiger charge is -2.41. The molecule has 0 aliphatic carbocycles.